The number of nitrogens with zero attached hydrogens (tertiary/aromatic N) is 2. The molecule has 0 aliphatic rings. The first-order valence-electron chi connectivity index (χ1n) is 5.03. The fraction of sp³-hybridized carbons (Fsp3) is 0.400. The van der Waals surface area contributed by atoms with Gasteiger partial charge >= 0.3 is 0 Å². The third-order valence-electron chi connectivity index (χ3n) is 1.38. The molecule has 5 heteroatoms. The molecule has 0 radical (unpaired) electrons. The predicted octanol–water partition coefficient (Wildman–Crippen LogP) is 3.25. The molecule has 0 bridgehead atoms. The third-order valence-corrected chi connectivity index (χ3v) is 1.65. The molecular formula is C10H17ClN4. The van der Waals surface area contributed by atoms with Crippen LogP contribution in [0.1, 0.15) is 27.7 Å². The van der Waals surface area contributed by atoms with Crippen LogP contribution in [0, 0.1) is 0 Å². The second-order valence-corrected chi connectivity index (χ2v) is 2.47. The predicted molar refractivity (Wildman–Crippen MR) is 66.0 cm³/mol. The van der Waals surface area contributed by atoms with E-state index in [4.69, 9.17) is 17.3 Å². The topological polar surface area (TPSA) is 67.6 Å². The van der Waals surface area contributed by atoms with Gasteiger partial charge in [-0.15, -0.1) is 0 Å². The van der Waals surface area contributed by atoms with Gasteiger partial charge in [-0.3, -0.25) is 0 Å². The van der Waals surface area contributed by atoms with Crippen molar-refractivity contribution in [2.75, 3.05) is 5.73 Å². The first-order valence-corrected chi connectivity index (χ1v) is 5.41. The van der Waals surface area contributed by atoms with Crippen molar-refractivity contribution in [3.63, 3.8) is 0 Å². The van der Waals surface area contributed by atoms with Crippen LogP contribution in [0.4, 0.5) is 5.95 Å². The van der Waals surface area contributed by atoms with Crippen LogP contribution >= 0.6 is 11.6 Å². The molecule has 0 spiro atoms. The van der Waals surface area contributed by atoms with Gasteiger partial charge in [0, 0.05) is 6.20 Å². The number of H-pyrrole nitrogens is 1. The van der Waals surface area contributed by atoms with E-state index in [1.807, 2.05) is 27.7 Å². The summed E-state index contributed by atoms with van der Waals surface area (Å²) in [6.45, 7) is 8.00. The molecule has 0 saturated heterocycles. The molecule has 2 heterocycles. The van der Waals surface area contributed by atoms with Crippen LogP contribution in [0.5, 0.6) is 0 Å². The summed E-state index contributed by atoms with van der Waals surface area (Å²) in [4.78, 5) is 10.6. The Balaban J connectivity index is 0.000000442. The minimum atomic E-state index is 0.196. The average Bonchev–Trinajstić information content (AvgIpc) is 2.72. The van der Waals surface area contributed by atoms with Crippen LogP contribution < -0.4 is 5.73 Å². The number of fused-ring (bicyclic) bond motifs is 1. The molecule has 15 heavy (non-hydrogen) atoms. The summed E-state index contributed by atoms with van der Waals surface area (Å²) in [5.74, 6) is 0.196. The van der Waals surface area contributed by atoms with Gasteiger partial charge in [0.25, 0.3) is 0 Å². The van der Waals surface area contributed by atoms with Crippen molar-refractivity contribution in [1.29, 1.82) is 0 Å². The fourth-order valence-electron chi connectivity index (χ4n) is 0.924. The number of rotatable bonds is 0. The SMILES string of the molecule is CC.CC.Nc1nc(Cl)c2[nH]ccc2n1. The number of aromatic nitrogens is 3. The molecule has 3 N–H and O–H groups in total. The smallest absolute Gasteiger partial charge is 0.222 e. The molecule has 84 valence electrons. The highest BCUT2D eigenvalue weighted by atomic mass is 35.5. The molecule has 0 unspecified atom stereocenters. The number of aromatic amines is 1. The summed E-state index contributed by atoms with van der Waals surface area (Å²) in [7, 11) is 0. The van der Waals surface area contributed by atoms with E-state index in [-0.39, 0.29) is 5.95 Å². The lowest BCUT2D eigenvalue weighted by Gasteiger charge is -1.93. The standard InChI is InChI=1S/C6H5ClN4.2C2H6/c7-5-4-3(1-2-9-4)10-6(8)11-5;2*1-2/h1-2,9H,(H2,8,10,11);2*1-2H3. The van der Waals surface area contributed by atoms with Crippen molar-refractivity contribution >= 4 is 28.6 Å². The van der Waals surface area contributed by atoms with Crippen molar-refractivity contribution in [3.8, 4) is 0 Å². The Morgan fingerprint density at radius 1 is 1.20 bits per heavy atom. The summed E-state index contributed by atoms with van der Waals surface area (Å²) in [5.41, 5.74) is 6.82. The van der Waals surface area contributed by atoms with E-state index < -0.39 is 0 Å². The molecule has 0 saturated carbocycles. The summed E-state index contributed by atoms with van der Waals surface area (Å²) in [6, 6.07) is 1.79. The van der Waals surface area contributed by atoms with Crippen molar-refractivity contribution in [2.45, 2.75) is 27.7 Å². The van der Waals surface area contributed by atoms with Crippen LogP contribution in [0.3, 0.4) is 0 Å². The summed E-state index contributed by atoms with van der Waals surface area (Å²) in [6.07, 6.45) is 1.74. The molecule has 4 nitrogen and oxygen atoms in total. The van der Waals surface area contributed by atoms with Crippen LogP contribution in [0.25, 0.3) is 11.0 Å². The molecule has 0 aromatic carbocycles. The largest absolute Gasteiger partial charge is 0.368 e. The van der Waals surface area contributed by atoms with E-state index >= 15 is 0 Å². The highest BCUT2D eigenvalue weighted by Crippen LogP contribution is 2.18. The van der Waals surface area contributed by atoms with Gasteiger partial charge in [0.15, 0.2) is 5.15 Å². The van der Waals surface area contributed by atoms with E-state index in [1.165, 1.54) is 0 Å². The zero-order valence-electron chi connectivity index (χ0n) is 9.50. The number of hydrogen-bond acceptors (Lipinski definition) is 3. The van der Waals surface area contributed by atoms with Crippen LogP contribution in [0.2, 0.25) is 5.15 Å². The van der Waals surface area contributed by atoms with Gasteiger partial charge in [-0.1, -0.05) is 39.3 Å². The van der Waals surface area contributed by atoms with E-state index in [0.29, 0.717) is 5.15 Å². The first-order chi connectivity index (χ1) is 7.27. The van der Waals surface area contributed by atoms with E-state index in [2.05, 4.69) is 15.0 Å². The summed E-state index contributed by atoms with van der Waals surface area (Å²) in [5, 5.41) is 0.359. The third kappa shape index (κ3) is 3.40. The molecule has 0 atom stereocenters. The lowest BCUT2D eigenvalue weighted by Crippen LogP contribution is -1.94. The molecule has 0 amide bonds. The lowest BCUT2D eigenvalue weighted by molar-refractivity contribution is 1.23. The number of halogens is 1. The van der Waals surface area contributed by atoms with Gasteiger partial charge in [-0.2, -0.15) is 4.98 Å². The quantitative estimate of drug-likeness (QED) is 0.681. The average molecular weight is 229 g/mol. The second kappa shape index (κ2) is 7.06. The lowest BCUT2D eigenvalue weighted by atomic mass is 10.5. The zero-order chi connectivity index (χ0) is 11.8. The molecule has 2 rings (SSSR count). The normalized spacial score (nSPS) is 8.60. The van der Waals surface area contributed by atoms with Crippen molar-refractivity contribution in [2.24, 2.45) is 0 Å². The maximum atomic E-state index is 5.74. The van der Waals surface area contributed by atoms with Gasteiger partial charge in [-0.05, 0) is 6.07 Å². The Labute approximate surface area is 94.9 Å². The van der Waals surface area contributed by atoms with Gasteiger partial charge in [0.1, 0.15) is 5.52 Å². The van der Waals surface area contributed by atoms with Crippen LogP contribution in [-0.2, 0) is 0 Å². The van der Waals surface area contributed by atoms with Crippen molar-refractivity contribution in [3.05, 3.63) is 17.4 Å². The zero-order valence-corrected chi connectivity index (χ0v) is 10.3. The highest BCUT2D eigenvalue weighted by Gasteiger charge is 2.02. The monoisotopic (exact) mass is 228 g/mol. The number of anilines is 1. The molecule has 2 aromatic rings. The molecular weight excluding hydrogens is 212 g/mol. The second-order valence-electron chi connectivity index (χ2n) is 2.11. The van der Waals surface area contributed by atoms with Crippen molar-refractivity contribution < 1.29 is 0 Å². The number of nitrogens with one attached hydrogen (secondary N) is 1. The van der Waals surface area contributed by atoms with Gasteiger partial charge in [0.2, 0.25) is 5.95 Å². The number of hydrogen-bond donors (Lipinski definition) is 2. The van der Waals surface area contributed by atoms with E-state index in [9.17, 15) is 0 Å². The van der Waals surface area contributed by atoms with Crippen molar-refractivity contribution in [1.82, 2.24) is 15.0 Å². The molecule has 0 aliphatic heterocycles. The Morgan fingerprint density at radius 3 is 2.40 bits per heavy atom. The van der Waals surface area contributed by atoms with E-state index in [0.717, 1.165) is 11.0 Å². The van der Waals surface area contributed by atoms with Gasteiger partial charge < -0.3 is 10.7 Å². The van der Waals surface area contributed by atoms with Gasteiger partial charge in [-0.25, -0.2) is 4.98 Å². The minimum Gasteiger partial charge on any atom is -0.368 e. The Hall–Kier alpha value is -1.29. The van der Waals surface area contributed by atoms with E-state index in [1.54, 1.807) is 12.3 Å². The maximum Gasteiger partial charge on any atom is 0.222 e. The molecule has 0 fully saturated rings. The Kier molecular flexibility index (Phi) is 6.45. The Morgan fingerprint density at radius 2 is 1.80 bits per heavy atom. The molecule has 2 aromatic heterocycles. The number of nitrogen functional groups attached to an aromatic ring is 1. The first kappa shape index (κ1) is 13.7. The summed E-state index contributed by atoms with van der Waals surface area (Å²) < 4.78 is 0. The molecule has 0 aliphatic carbocycles. The maximum absolute atomic E-state index is 5.74. The number of nitrogens with two attached hydrogens (primary N) is 1. The van der Waals surface area contributed by atoms with Crippen LogP contribution in [0.15, 0.2) is 12.3 Å². The fourth-order valence-corrected chi connectivity index (χ4v) is 1.16. The highest BCUT2D eigenvalue weighted by molar-refractivity contribution is 6.33. The van der Waals surface area contributed by atoms with Crippen LogP contribution in [-0.4, -0.2) is 15.0 Å². The van der Waals surface area contributed by atoms with Gasteiger partial charge in [0.05, 0.1) is 5.52 Å². The minimum absolute atomic E-state index is 0.196. The summed E-state index contributed by atoms with van der Waals surface area (Å²) >= 11 is 5.74. The Bertz CT molecular complexity index is 397.